The summed E-state index contributed by atoms with van der Waals surface area (Å²) in [5.74, 6) is 0. The van der Waals surface area contributed by atoms with Crippen LogP contribution in [0.4, 0.5) is 0 Å². The molecule has 0 aliphatic carbocycles. The normalized spacial score (nSPS) is 26.5. The van der Waals surface area contributed by atoms with E-state index in [1.54, 1.807) is 0 Å². The highest BCUT2D eigenvalue weighted by Gasteiger charge is 2.20. The predicted molar refractivity (Wildman–Crippen MR) is 62.0 cm³/mol. The summed E-state index contributed by atoms with van der Waals surface area (Å²) in [4.78, 5) is 0. The summed E-state index contributed by atoms with van der Waals surface area (Å²) in [6.07, 6.45) is 2.85. The zero-order valence-electron chi connectivity index (χ0n) is 9.28. The lowest BCUT2D eigenvalue weighted by Gasteiger charge is -2.30. The van der Waals surface area contributed by atoms with Crippen molar-refractivity contribution in [2.45, 2.75) is 32.0 Å². The molecule has 0 aromatic heterocycles. The van der Waals surface area contributed by atoms with Crippen LogP contribution in [0.1, 0.15) is 18.9 Å². The third-order valence-corrected chi connectivity index (χ3v) is 2.89. The second-order valence-corrected chi connectivity index (χ2v) is 4.14. The average Bonchev–Trinajstić information content (AvgIpc) is 2.31. The van der Waals surface area contributed by atoms with Crippen molar-refractivity contribution >= 4 is 0 Å². The summed E-state index contributed by atoms with van der Waals surface area (Å²) < 4.78 is 5.98. The second-order valence-electron chi connectivity index (χ2n) is 4.14. The molecule has 2 unspecified atom stereocenters. The molecule has 2 nitrogen and oxygen atoms in total. The van der Waals surface area contributed by atoms with Crippen molar-refractivity contribution in [2.75, 3.05) is 13.1 Å². The molecule has 0 amide bonds. The van der Waals surface area contributed by atoms with Gasteiger partial charge in [0, 0.05) is 13.1 Å². The molecule has 0 spiro atoms. The van der Waals surface area contributed by atoms with Gasteiger partial charge < -0.3 is 10.1 Å². The van der Waals surface area contributed by atoms with E-state index in [1.807, 2.05) is 0 Å². The summed E-state index contributed by atoms with van der Waals surface area (Å²) in [6, 6.07) is 10.6. The van der Waals surface area contributed by atoms with Gasteiger partial charge in [0.05, 0.1) is 12.2 Å². The Morgan fingerprint density at radius 2 is 1.93 bits per heavy atom. The van der Waals surface area contributed by atoms with Crippen LogP contribution in [0.15, 0.2) is 30.3 Å². The molecule has 1 aliphatic heterocycles. The van der Waals surface area contributed by atoms with Crippen LogP contribution in [-0.2, 0) is 11.2 Å². The standard InChI is InChI=1S/C13H19NO/c1-2-12-9-14-10-13(15-12)8-11-6-4-3-5-7-11/h3-7,12-14H,2,8-10H2,1H3. The quantitative estimate of drug-likeness (QED) is 0.815. The van der Waals surface area contributed by atoms with Crippen molar-refractivity contribution in [3.63, 3.8) is 0 Å². The van der Waals surface area contributed by atoms with Gasteiger partial charge in [0.2, 0.25) is 0 Å². The van der Waals surface area contributed by atoms with E-state index in [4.69, 9.17) is 4.74 Å². The van der Waals surface area contributed by atoms with E-state index in [9.17, 15) is 0 Å². The number of nitrogens with one attached hydrogen (secondary N) is 1. The fourth-order valence-corrected chi connectivity index (χ4v) is 2.01. The molecule has 2 atom stereocenters. The first kappa shape index (κ1) is 10.7. The highest BCUT2D eigenvalue weighted by molar-refractivity contribution is 5.15. The molecule has 1 aromatic rings. The van der Waals surface area contributed by atoms with Crippen LogP contribution in [-0.4, -0.2) is 25.3 Å². The van der Waals surface area contributed by atoms with Crippen LogP contribution in [0, 0.1) is 0 Å². The van der Waals surface area contributed by atoms with Gasteiger partial charge in [-0.3, -0.25) is 0 Å². The van der Waals surface area contributed by atoms with Gasteiger partial charge in [0.1, 0.15) is 0 Å². The van der Waals surface area contributed by atoms with E-state index in [0.29, 0.717) is 12.2 Å². The molecule has 1 saturated heterocycles. The van der Waals surface area contributed by atoms with Crippen LogP contribution in [0.3, 0.4) is 0 Å². The molecule has 2 rings (SSSR count). The van der Waals surface area contributed by atoms with Gasteiger partial charge in [0.25, 0.3) is 0 Å². The highest BCUT2D eigenvalue weighted by atomic mass is 16.5. The zero-order valence-corrected chi connectivity index (χ0v) is 9.28. The Morgan fingerprint density at radius 3 is 2.67 bits per heavy atom. The van der Waals surface area contributed by atoms with Crippen molar-refractivity contribution in [3.05, 3.63) is 35.9 Å². The maximum Gasteiger partial charge on any atom is 0.0744 e. The number of morpholine rings is 1. The molecule has 1 fully saturated rings. The Kier molecular flexibility index (Phi) is 3.75. The summed E-state index contributed by atoms with van der Waals surface area (Å²) in [5.41, 5.74) is 1.36. The first-order valence-corrected chi connectivity index (χ1v) is 5.78. The Balaban J connectivity index is 1.89. The molecule has 1 heterocycles. The number of benzene rings is 1. The third kappa shape index (κ3) is 3.05. The Hall–Kier alpha value is -0.860. The average molecular weight is 205 g/mol. The van der Waals surface area contributed by atoms with Gasteiger partial charge >= 0.3 is 0 Å². The number of hydrogen-bond acceptors (Lipinski definition) is 2. The minimum atomic E-state index is 0.339. The van der Waals surface area contributed by atoms with Gasteiger partial charge in [0.15, 0.2) is 0 Å². The third-order valence-electron chi connectivity index (χ3n) is 2.89. The number of ether oxygens (including phenoxy) is 1. The Bertz CT molecular complexity index is 286. The molecule has 1 aliphatic rings. The first-order valence-electron chi connectivity index (χ1n) is 5.78. The predicted octanol–water partition coefficient (Wildman–Crippen LogP) is 2.00. The van der Waals surface area contributed by atoms with Crippen LogP contribution >= 0.6 is 0 Å². The molecule has 82 valence electrons. The van der Waals surface area contributed by atoms with Crippen molar-refractivity contribution in [2.24, 2.45) is 0 Å². The van der Waals surface area contributed by atoms with Crippen LogP contribution in [0.5, 0.6) is 0 Å². The molecule has 0 saturated carbocycles. The van der Waals surface area contributed by atoms with Crippen LogP contribution < -0.4 is 5.32 Å². The van der Waals surface area contributed by atoms with E-state index in [0.717, 1.165) is 25.9 Å². The molecular weight excluding hydrogens is 186 g/mol. The maximum absolute atomic E-state index is 5.98. The lowest BCUT2D eigenvalue weighted by Crippen LogP contribution is -2.45. The minimum Gasteiger partial charge on any atom is -0.372 e. The van der Waals surface area contributed by atoms with Crippen molar-refractivity contribution in [1.29, 1.82) is 0 Å². The van der Waals surface area contributed by atoms with Gasteiger partial charge in [-0.1, -0.05) is 37.3 Å². The first-order chi connectivity index (χ1) is 7.38. The molecule has 0 radical (unpaired) electrons. The summed E-state index contributed by atoms with van der Waals surface area (Å²) in [7, 11) is 0. The monoisotopic (exact) mass is 205 g/mol. The lowest BCUT2D eigenvalue weighted by molar-refractivity contribution is -0.0374. The number of hydrogen-bond donors (Lipinski definition) is 1. The zero-order chi connectivity index (χ0) is 10.5. The topological polar surface area (TPSA) is 21.3 Å². The van der Waals surface area contributed by atoms with E-state index in [1.165, 1.54) is 5.56 Å². The Morgan fingerprint density at radius 1 is 1.20 bits per heavy atom. The van der Waals surface area contributed by atoms with Gasteiger partial charge in [-0.05, 0) is 18.4 Å². The van der Waals surface area contributed by atoms with E-state index >= 15 is 0 Å². The molecule has 1 N–H and O–H groups in total. The molecule has 1 aromatic carbocycles. The Labute approximate surface area is 91.6 Å². The van der Waals surface area contributed by atoms with E-state index in [-0.39, 0.29) is 0 Å². The molecule has 0 bridgehead atoms. The van der Waals surface area contributed by atoms with E-state index in [2.05, 4.69) is 42.6 Å². The molecule has 15 heavy (non-hydrogen) atoms. The second kappa shape index (κ2) is 5.29. The van der Waals surface area contributed by atoms with Crippen LogP contribution in [0.25, 0.3) is 0 Å². The largest absolute Gasteiger partial charge is 0.372 e. The smallest absolute Gasteiger partial charge is 0.0744 e. The lowest BCUT2D eigenvalue weighted by atomic mass is 10.1. The highest BCUT2D eigenvalue weighted by Crippen LogP contribution is 2.12. The number of rotatable bonds is 3. The fraction of sp³-hybridized carbons (Fsp3) is 0.538. The van der Waals surface area contributed by atoms with Crippen LogP contribution in [0.2, 0.25) is 0 Å². The molecule has 2 heteroatoms. The summed E-state index contributed by atoms with van der Waals surface area (Å²) >= 11 is 0. The van der Waals surface area contributed by atoms with Gasteiger partial charge in [-0.15, -0.1) is 0 Å². The summed E-state index contributed by atoms with van der Waals surface area (Å²) in [5, 5.41) is 3.43. The van der Waals surface area contributed by atoms with Crippen molar-refractivity contribution < 1.29 is 4.74 Å². The van der Waals surface area contributed by atoms with E-state index < -0.39 is 0 Å². The van der Waals surface area contributed by atoms with Gasteiger partial charge in [-0.25, -0.2) is 0 Å². The fourth-order valence-electron chi connectivity index (χ4n) is 2.01. The summed E-state index contributed by atoms with van der Waals surface area (Å²) in [6.45, 7) is 4.16. The minimum absolute atomic E-state index is 0.339. The maximum atomic E-state index is 5.98. The molecular formula is C13H19NO. The van der Waals surface area contributed by atoms with Crippen molar-refractivity contribution in [1.82, 2.24) is 5.32 Å². The SMILES string of the molecule is CCC1CNCC(Cc2ccccc2)O1. The van der Waals surface area contributed by atoms with Crippen molar-refractivity contribution in [3.8, 4) is 0 Å². The van der Waals surface area contributed by atoms with Gasteiger partial charge in [-0.2, -0.15) is 0 Å².